The minimum absolute atomic E-state index is 0.0735. The first kappa shape index (κ1) is 17.9. The van der Waals surface area contributed by atoms with E-state index < -0.39 is 17.7 Å². The Balaban J connectivity index is 1.79. The van der Waals surface area contributed by atoms with Gasteiger partial charge in [-0.05, 0) is 30.3 Å². The lowest BCUT2D eigenvalue weighted by molar-refractivity contribution is 0.0232. The molecule has 4 nitrogen and oxygen atoms in total. The number of carbonyl (C=O) groups excluding carboxylic acids is 2. The van der Waals surface area contributed by atoms with Crippen LogP contribution in [0.4, 0.5) is 4.39 Å². The van der Waals surface area contributed by atoms with Crippen LogP contribution in [0.25, 0.3) is 10.1 Å². The molecule has 9 heteroatoms. The van der Waals surface area contributed by atoms with Gasteiger partial charge in [-0.1, -0.05) is 40.9 Å². The molecule has 25 heavy (non-hydrogen) atoms. The van der Waals surface area contributed by atoms with E-state index in [4.69, 9.17) is 39.6 Å². The molecule has 0 fully saturated rings. The Morgan fingerprint density at radius 1 is 1.08 bits per heavy atom. The van der Waals surface area contributed by atoms with Gasteiger partial charge in [-0.25, -0.2) is 9.18 Å². The number of carbonyl (C=O) groups is 2. The first-order valence-corrected chi connectivity index (χ1v) is 8.66. The fourth-order valence-electron chi connectivity index (χ4n) is 2.07. The maximum atomic E-state index is 13.3. The molecule has 0 aliphatic heterocycles. The molecule has 1 heterocycles. The van der Waals surface area contributed by atoms with Crippen LogP contribution in [0.1, 0.15) is 20.0 Å². The highest BCUT2D eigenvalue weighted by molar-refractivity contribution is 7.21. The molecule has 0 spiro atoms. The second kappa shape index (κ2) is 7.17. The van der Waals surface area contributed by atoms with E-state index in [2.05, 4.69) is 0 Å². The zero-order chi connectivity index (χ0) is 18.1. The Morgan fingerprint density at radius 3 is 2.44 bits per heavy atom. The van der Waals surface area contributed by atoms with Crippen molar-refractivity contribution in [3.63, 3.8) is 0 Å². The number of hydrogen-bond acceptors (Lipinski definition) is 4. The number of amides is 1. The van der Waals surface area contributed by atoms with E-state index in [0.29, 0.717) is 10.1 Å². The van der Waals surface area contributed by atoms with Gasteiger partial charge in [0.1, 0.15) is 10.7 Å². The van der Waals surface area contributed by atoms with Crippen molar-refractivity contribution in [2.24, 2.45) is 0 Å². The fourth-order valence-corrected chi connectivity index (χ4v) is 4.05. The maximum absolute atomic E-state index is 13.3. The summed E-state index contributed by atoms with van der Waals surface area (Å²) in [5.74, 6) is -2.12. The number of thiophene rings is 1. The third-order valence-electron chi connectivity index (χ3n) is 3.20. The largest absolute Gasteiger partial charge is 0.365 e. The van der Waals surface area contributed by atoms with Gasteiger partial charge in [0.25, 0.3) is 5.91 Å². The average Bonchev–Trinajstić information content (AvgIpc) is 2.88. The number of fused-ring (bicyclic) bond motifs is 1. The molecule has 0 saturated heterocycles. The third-order valence-corrected chi connectivity index (χ3v) is 5.49. The molecule has 3 rings (SSSR count). The van der Waals surface area contributed by atoms with Crippen LogP contribution in [0.5, 0.6) is 0 Å². The van der Waals surface area contributed by atoms with Crippen molar-refractivity contribution in [3.05, 3.63) is 67.7 Å². The average molecular weight is 419 g/mol. The van der Waals surface area contributed by atoms with Crippen molar-refractivity contribution in [2.45, 2.75) is 0 Å². The molecule has 1 aromatic heterocycles. The molecule has 128 valence electrons. The van der Waals surface area contributed by atoms with Crippen LogP contribution in [0.15, 0.2) is 36.4 Å². The van der Waals surface area contributed by atoms with E-state index in [1.165, 1.54) is 30.3 Å². The summed E-state index contributed by atoms with van der Waals surface area (Å²) in [6.45, 7) is 0. The summed E-state index contributed by atoms with van der Waals surface area (Å²) >= 11 is 18.9. The minimum Gasteiger partial charge on any atom is -0.335 e. The van der Waals surface area contributed by atoms with E-state index in [0.717, 1.165) is 11.3 Å². The molecule has 2 aromatic carbocycles. The smallest absolute Gasteiger partial charge is 0.335 e. The molecule has 0 unspecified atom stereocenters. The van der Waals surface area contributed by atoms with E-state index in [1.807, 2.05) is 5.48 Å². The summed E-state index contributed by atoms with van der Waals surface area (Å²) in [6.07, 6.45) is 0. The predicted octanol–water partition coefficient (Wildman–Crippen LogP) is 5.50. The molecule has 0 aliphatic rings. The molecule has 1 amide bonds. The zero-order valence-corrected chi connectivity index (χ0v) is 15.2. The number of benzene rings is 2. The van der Waals surface area contributed by atoms with Crippen molar-refractivity contribution in [3.8, 4) is 0 Å². The van der Waals surface area contributed by atoms with Crippen LogP contribution < -0.4 is 5.48 Å². The van der Waals surface area contributed by atoms with Crippen molar-refractivity contribution in [1.82, 2.24) is 5.48 Å². The number of halogens is 4. The van der Waals surface area contributed by atoms with Gasteiger partial charge in [-0.3, -0.25) is 4.79 Å². The lowest BCUT2D eigenvalue weighted by atomic mass is 10.2. The molecule has 0 aliphatic carbocycles. The normalized spacial score (nSPS) is 10.7. The standard InChI is InChI=1S/C16H7Cl3FNO3S/c17-9-2-1-3-10(18)12(9)16(23)24-21-15(22)14-13(19)8-5-4-7(20)6-11(8)25-14/h1-6H,(H,21,22). The first-order valence-electron chi connectivity index (χ1n) is 6.71. The fraction of sp³-hybridized carbons (Fsp3) is 0. The summed E-state index contributed by atoms with van der Waals surface area (Å²) in [4.78, 5) is 29.1. The summed E-state index contributed by atoms with van der Waals surface area (Å²) in [6, 6.07) is 8.46. The number of hydroxylamine groups is 1. The molecule has 0 saturated carbocycles. The first-order chi connectivity index (χ1) is 11.9. The molecule has 0 radical (unpaired) electrons. The number of nitrogens with one attached hydrogen (secondary N) is 1. The van der Waals surface area contributed by atoms with E-state index in [-0.39, 0.29) is 25.5 Å². The van der Waals surface area contributed by atoms with Gasteiger partial charge in [0.2, 0.25) is 0 Å². The van der Waals surface area contributed by atoms with Crippen LogP contribution in [0, 0.1) is 5.82 Å². The molecular weight excluding hydrogens is 412 g/mol. The molecule has 1 N–H and O–H groups in total. The number of rotatable bonds is 2. The Bertz CT molecular complexity index is 985. The predicted molar refractivity (Wildman–Crippen MR) is 96.1 cm³/mol. The van der Waals surface area contributed by atoms with Gasteiger partial charge in [0, 0.05) is 10.1 Å². The minimum atomic E-state index is -0.924. The second-order valence-electron chi connectivity index (χ2n) is 4.80. The molecule has 0 bridgehead atoms. The Kier molecular flexibility index (Phi) is 5.15. The lowest BCUT2D eigenvalue weighted by Gasteiger charge is -2.07. The van der Waals surface area contributed by atoms with Crippen LogP contribution in [-0.4, -0.2) is 11.9 Å². The Morgan fingerprint density at radius 2 is 1.76 bits per heavy atom. The topological polar surface area (TPSA) is 55.4 Å². The van der Waals surface area contributed by atoms with Gasteiger partial charge in [-0.2, -0.15) is 5.48 Å². The molecule has 3 aromatic rings. The van der Waals surface area contributed by atoms with Crippen LogP contribution in [-0.2, 0) is 4.84 Å². The second-order valence-corrected chi connectivity index (χ2v) is 7.05. The van der Waals surface area contributed by atoms with Crippen molar-refractivity contribution < 1.29 is 18.8 Å². The molecule has 0 atom stereocenters. The lowest BCUT2D eigenvalue weighted by Crippen LogP contribution is -2.27. The van der Waals surface area contributed by atoms with Crippen molar-refractivity contribution in [2.75, 3.05) is 0 Å². The number of hydrogen-bond donors (Lipinski definition) is 1. The summed E-state index contributed by atoms with van der Waals surface area (Å²) in [5.41, 5.74) is 1.92. The van der Waals surface area contributed by atoms with Gasteiger partial charge in [0.15, 0.2) is 0 Å². The SMILES string of the molecule is O=C(NOC(=O)c1c(Cl)cccc1Cl)c1sc2cc(F)ccc2c1Cl. The highest BCUT2D eigenvalue weighted by atomic mass is 35.5. The van der Waals surface area contributed by atoms with Crippen LogP contribution in [0.3, 0.4) is 0 Å². The third kappa shape index (κ3) is 3.57. The van der Waals surface area contributed by atoms with E-state index in [1.54, 1.807) is 6.07 Å². The zero-order valence-electron chi connectivity index (χ0n) is 12.1. The maximum Gasteiger partial charge on any atom is 0.365 e. The quantitative estimate of drug-likeness (QED) is 0.559. The van der Waals surface area contributed by atoms with E-state index >= 15 is 0 Å². The Hall–Kier alpha value is -1.86. The monoisotopic (exact) mass is 417 g/mol. The van der Waals surface area contributed by atoms with Crippen molar-refractivity contribution in [1.29, 1.82) is 0 Å². The van der Waals surface area contributed by atoms with E-state index in [9.17, 15) is 14.0 Å². The highest BCUT2D eigenvalue weighted by Gasteiger charge is 2.21. The summed E-state index contributed by atoms with van der Waals surface area (Å²) < 4.78 is 13.8. The summed E-state index contributed by atoms with van der Waals surface area (Å²) in [5, 5.41) is 0.840. The van der Waals surface area contributed by atoms with Crippen LogP contribution >= 0.6 is 46.1 Å². The Labute approximate surface area is 160 Å². The van der Waals surface area contributed by atoms with Crippen molar-refractivity contribution >= 4 is 68.1 Å². The molecular formula is C16H7Cl3FNO3S. The summed E-state index contributed by atoms with van der Waals surface area (Å²) in [7, 11) is 0. The van der Waals surface area contributed by atoms with Crippen LogP contribution in [0.2, 0.25) is 15.1 Å². The van der Waals surface area contributed by atoms with Gasteiger partial charge in [-0.15, -0.1) is 11.3 Å². The van der Waals surface area contributed by atoms with Gasteiger partial charge < -0.3 is 4.84 Å². The van der Waals surface area contributed by atoms with Gasteiger partial charge >= 0.3 is 5.97 Å². The van der Waals surface area contributed by atoms with Gasteiger partial charge in [0.05, 0.1) is 20.6 Å². The highest BCUT2D eigenvalue weighted by Crippen LogP contribution is 2.35.